The quantitative estimate of drug-likeness (QED) is 0.702. The van der Waals surface area contributed by atoms with Crippen LogP contribution in [0.15, 0.2) is 52.9 Å². The number of rotatable bonds is 5. The molecular weight excluding hydrogens is 402 g/mol. The van der Waals surface area contributed by atoms with Gasteiger partial charge >= 0.3 is 0 Å². The van der Waals surface area contributed by atoms with Gasteiger partial charge in [-0.05, 0) is 52.4 Å². The van der Waals surface area contributed by atoms with Crippen LogP contribution in [-0.4, -0.2) is 32.8 Å². The van der Waals surface area contributed by atoms with Gasteiger partial charge in [0.2, 0.25) is 0 Å². The van der Waals surface area contributed by atoms with E-state index in [9.17, 15) is 0 Å². The van der Waals surface area contributed by atoms with Crippen molar-refractivity contribution in [2.45, 2.75) is 53.4 Å². The van der Waals surface area contributed by atoms with Crippen LogP contribution >= 0.6 is 0 Å². The number of aromatic nitrogens is 4. The molecule has 1 N–H and O–H groups in total. The molecule has 0 spiro atoms. The molecule has 7 heteroatoms. The van der Waals surface area contributed by atoms with E-state index in [-0.39, 0.29) is 0 Å². The molecule has 0 amide bonds. The number of ether oxygens (including phenoxy) is 2. The van der Waals surface area contributed by atoms with E-state index in [1.54, 1.807) is 0 Å². The second-order valence-corrected chi connectivity index (χ2v) is 9.22. The highest BCUT2D eigenvalue weighted by molar-refractivity contribution is 5.44. The van der Waals surface area contributed by atoms with Crippen LogP contribution in [0.25, 0.3) is 5.65 Å². The second kappa shape index (κ2) is 8.11. The summed E-state index contributed by atoms with van der Waals surface area (Å²) in [6.07, 6.45) is 9.97. The first-order valence-electron chi connectivity index (χ1n) is 11.4. The zero-order valence-corrected chi connectivity index (χ0v) is 19.5. The van der Waals surface area contributed by atoms with Gasteiger partial charge in [0.25, 0.3) is 0 Å². The van der Waals surface area contributed by atoms with E-state index in [1.807, 2.05) is 36.8 Å². The molecule has 7 nitrogen and oxygen atoms in total. The Hall–Kier alpha value is -3.09. The van der Waals surface area contributed by atoms with Crippen molar-refractivity contribution in [2.24, 2.45) is 11.8 Å². The minimum atomic E-state index is 0.383. The molecule has 0 saturated heterocycles. The van der Waals surface area contributed by atoms with E-state index in [4.69, 9.17) is 19.6 Å². The van der Waals surface area contributed by atoms with Gasteiger partial charge in [0, 0.05) is 24.4 Å². The number of nitrogens with zero attached hydrogens (tertiary/aromatic N) is 4. The Kier molecular flexibility index (Phi) is 5.27. The van der Waals surface area contributed by atoms with Gasteiger partial charge in [0.15, 0.2) is 23.0 Å². The predicted octanol–water partition coefficient (Wildman–Crippen LogP) is 4.47. The summed E-state index contributed by atoms with van der Waals surface area (Å²) in [4.78, 5) is 9.29. The van der Waals surface area contributed by atoms with Gasteiger partial charge in [-0.3, -0.25) is 4.98 Å². The van der Waals surface area contributed by atoms with Crippen molar-refractivity contribution >= 4 is 5.65 Å². The van der Waals surface area contributed by atoms with Crippen LogP contribution in [0.5, 0.6) is 0 Å². The zero-order chi connectivity index (χ0) is 22.4. The van der Waals surface area contributed by atoms with Crippen molar-refractivity contribution in [1.82, 2.24) is 24.9 Å². The molecule has 3 unspecified atom stereocenters. The van der Waals surface area contributed by atoms with Gasteiger partial charge in [0.1, 0.15) is 13.2 Å². The first-order valence-corrected chi connectivity index (χ1v) is 11.4. The third-order valence-electron chi connectivity index (χ3n) is 6.56. The van der Waals surface area contributed by atoms with Crippen molar-refractivity contribution in [3.63, 3.8) is 0 Å². The summed E-state index contributed by atoms with van der Waals surface area (Å²) >= 11 is 0. The highest BCUT2D eigenvalue weighted by Gasteiger charge is 2.45. The third kappa shape index (κ3) is 3.70. The molecule has 1 saturated carbocycles. The lowest BCUT2D eigenvalue weighted by atomic mass is 9.89. The van der Waals surface area contributed by atoms with Crippen LogP contribution < -0.4 is 5.32 Å². The highest BCUT2D eigenvalue weighted by atomic mass is 16.6. The molecule has 3 atom stereocenters. The van der Waals surface area contributed by atoms with Crippen molar-refractivity contribution < 1.29 is 9.47 Å². The molecule has 3 aliphatic rings. The number of hydrogen-bond acceptors (Lipinski definition) is 6. The molecule has 1 aliphatic carbocycles. The molecule has 5 rings (SSSR count). The van der Waals surface area contributed by atoms with Crippen LogP contribution in [0, 0.1) is 25.7 Å². The molecule has 2 aromatic heterocycles. The average Bonchev–Trinajstić information content (AvgIpc) is 3.41. The predicted molar refractivity (Wildman–Crippen MR) is 123 cm³/mol. The van der Waals surface area contributed by atoms with Gasteiger partial charge < -0.3 is 14.8 Å². The van der Waals surface area contributed by atoms with Crippen LogP contribution in [0.4, 0.5) is 0 Å². The fourth-order valence-corrected chi connectivity index (χ4v) is 4.93. The molecular formula is C25H31N5O2. The maximum atomic E-state index is 5.85. The maximum Gasteiger partial charge on any atom is 0.184 e. The lowest BCUT2D eigenvalue weighted by molar-refractivity contribution is 0.0718. The monoisotopic (exact) mass is 433 g/mol. The number of allylic oxidation sites excluding steroid dienone is 4. The standard InChI is InChI=1S/C25H31N5O2/c1-14(2)22(15(3)6-7-20-23-21(8-9-26-20)31-10-11-32-23)18-12-19(18)24-28-25-17(5)27-13-16(4)30(25)29-24/h7-9,13,15,18-19,26H,6,10-12H2,1-5H3/b20-7+. The summed E-state index contributed by atoms with van der Waals surface area (Å²) in [5.74, 6) is 3.89. The molecule has 0 aromatic carbocycles. The first kappa shape index (κ1) is 20.8. The summed E-state index contributed by atoms with van der Waals surface area (Å²) in [5, 5.41) is 8.15. The largest absolute Gasteiger partial charge is 0.486 e. The third-order valence-corrected chi connectivity index (χ3v) is 6.56. The highest BCUT2D eigenvalue weighted by Crippen LogP contribution is 2.54. The van der Waals surface area contributed by atoms with Crippen LogP contribution in [0.2, 0.25) is 0 Å². The normalized spacial score (nSPS) is 24.0. The fraction of sp³-hybridized carbons (Fsp3) is 0.480. The Balaban J connectivity index is 1.34. The van der Waals surface area contributed by atoms with Crippen molar-refractivity contribution in [3.8, 4) is 0 Å². The van der Waals surface area contributed by atoms with Crippen molar-refractivity contribution in [1.29, 1.82) is 0 Å². The Bertz CT molecular complexity index is 1140. The Morgan fingerprint density at radius 2 is 2.09 bits per heavy atom. The number of nitrogens with one attached hydrogen (secondary N) is 1. The van der Waals surface area contributed by atoms with E-state index >= 15 is 0 Å². The average molecular weight is 434 g/mol. The molecule has 1 fully saturated rings. The van der Waals surface area contributed by atoms with Crippen molar-refractivity contribution in [2.75, 3.05) is 13.2 Å². The van der Waals surface area contributed by atoms with E-state index in [0.29, 0.717) is 31.0 Å². The molecule has 0 bridgehead atoms. The number of hydrogen-bond donors (Lipinski definition) is 1. The topological polar surface area (TPSA) is 73.6 Å². The van der Waals surface area contributed by atoms with E-state index in [0.717, 1.165) is 52.9 Å². The lowest BCUT2D eigenvalue weighted by Crippen LogP contribution is -2.22. The molecule has 2 aliphatic heterocycles. The number of aryl methyl sites for hydroxylation is 2. The molecule has 32 heavy (non-hydrogen) atoms. The summed E-state index contributed by atoms with van der Waals surface area (Å²) in [5.41, 5.74) is 6.73. The summed E-state index contributed by atoms with van der Waals surface area (Å²) < 4.78 is 13.5. The maximum absolute atomic E-state index is 5.85. The van der Waals surface area contributed by atoms with Crippen LogP contribution in [0.3, 0.4) is 0 Å². The molecule has 4 heterocycles. The van der Waals surface area contributed by atoms with Crippen molar-refractivity contribution in [3.05, 3.63) is 70.1 Å². The first-order chi connectivity index (χ1) is 15.4. The lowest BCUT2D eigenvalue weighted by Gasteiger charge is -2.25. The van der Waals surface area contributed by atoms with Crippen LogP contribution in [0.1, 0.15) is 56.7 Å². The minimum Gasteiger partial charge on any atom is -0.486 e. The van der Waals surface area contributed by atoms with Crippen LogP contribution in [-0.2, 0) is 9.47 Å². The Morgan fingerprint density at radius 3 is 2.88 bits per heavy atom. The van der Waals surface area contributed by atoms with E-state index < -0.39 is 0 Å². The van der Waals surface area contributed by atoms with E-state index in [2.05, 4.69) is 37.1 Å². The molecule has 2 aromatic rings. The number of dihydropyridines is 1. The second-order valence-electron chi connectivity index (χ2n) is 9.22. The summed E-state index contributed by atoms with van der Waals surface area (Å²) in [6, 6.07) is 0. The van der Waals surface area contributed by atoms with Gasteiger partial charge in [-0.15, -0.1) is 0 Å². The number of fused-ring (bicyclic) bond motifs is 1. The smallest absolute Gasteiger partial charge is 0.184 e. The minimum absolute atomic E-state index is 0.383. The molecule has 168 valence electrons. The van der Waals surface area contributed by atoms with Gasteiger partial charge in [-0.2, -0.15) is 5.10 Å². The fourth-order valence-electron chi connectivity index (χ4n) is 4.93. The Labute approximate surface area is 188 Å². The van der Waals surface area contributed by atoms with Gasteiger partial charge in [-0.25, -0.2) is 9.50 Å². The Morgan fingerprint density at radius 1 is 1.28 bits per heavy atom. The van der Waals surface area contributed by atoms with Gasteiger partial charge in [-0.1, -0.05) is 24.1 Å². The van der Waals surface area contributed by atoms with E-state index in [1.165, 1.54) is 11.1 Å². The molecule has 0 radical (unpaired) electrons. The summed E-state index contributed by atoms with van der Waals surface area (Å²) in [6.45, 7) is 12.0. The SMILES string of the molecule is CC(C)=C(C(C)C/C=C1/NC=CC2=C1OCCO2)C1CC1c1nc2c(C)ncc(C)n2n1. The zero-order valence-electron chi connectivity index (χ0n) is 19.5. The van der Waals surface area contributed by atoms with Gasteiger partial charge in [0.05, 0.1) is 17.1 Å². The summed E-state index contributed by atoms with van der Waals surface area (Å²) in [7, 11) is 0.